The van der Waals surface area contributed by atoms with Crippen LogP contribution in [0.3, 0.4) is 0 Å². The van der Waals surface area contributed by atoms with Crippen LogP contribution in [0.4, 0.5) is 5.69 Å². The molecule has 0 unspecified atom stereocenters. The second-order valence-electron chi connectivity index (χ2n) is 10.2. The smallest absolute Gasteiger partial charge is 0.264 e. The monoisotopic (exact) mass is 633 g/mol. The summed E-state index contributed by atoms with van der Waals surface area (Å²) in [7, 11) is -2.74. The first-order valence-corrected chi connectivity index (χ1v) is 16.0. The van der Waals surface area contributed by atoms with Gasteiger partial charge in [-0.2, -0.15) is 0 Å². The maximum atomic E-state index is 14.4. The number of carbonyl (C=O) groups is 2. The fourth-order valence-corrected chi connectivity index (χ4v) is 6.39. The van der Waals surface area contributed by atoms with Crippen molar-refractivity contribution in [3.05, 3.63) is 125 Å². The second kappa shape index (κ2) is 14.9. The van der Waals surface area contributed by atoms with Crippen LogP contribution >= 0.6 is 11.6 Å². The fourth-order valence-electron chi connectivity index (χ4n) is 4.79. The van der Waals surface area contributed by atoms with E-state index >= 15 is 0 Å². The summed E-state index contributed by atoms with van der Waals surface area (Å²) in [6.07, 6.45) is 0.215. The van der Waals surface area contributed by atoms with Crippen LogP contribution in [0.1, 0.15) is 23.6 Å². The van der Waals surface area contributed by atoms with Crippen LogP contribution in [0.5, 0.6) is 5.75 Å². The summed E-state index contributed by atoms with van der Waals surface area (Å²) in [6, 6.07) is 28.4. The standard InChI is InChI=1S/C34H36ClN3O5S/c1-4-36-34(40)32(21-26-11-6-5-7-12-26)37(23-27-13-8-9-16-31(27)35)33(39)24-38(28-14-10-15-29(22-28)43-3)44(41,42)30-19-17-25(2)18-20-30/h5-20,22,32H,4,21,23-24H2,1-3H3,(H,36,40)/t32-/m0/s1. The highest BCUT2D eigenvalue weighted by Gasteiger charge is 2.35. The molecule has 4 aromatic carbocycles. The number of benzene rings is 4. The van der Waals surface area contributed by atoms with Gasteiger partial charge in [0.1, 0.15) is 18.3 Å². The number of anilines is 1. The zero-order chi connectivity index (χ0) is 31.7. The predicted octanol–water partition coefficient (Wildman–Crippen LogP) is 5.63. The number of nitrogens with zero attached hydrogens (tertiary/aromatic N) is 2. The third-order valence-corrected chi connectivity index (χ3v) is 9.31. The summed E-state index contributed by atoms with van der Waals surface area (Å²) in [5.41, 5.74) is 2.61. The molecule has 0 fully saturated rings. The average molecular weight is 634 g/mol. The lowest BCUT2D eigenvalue weighted by Crippen LogP contribution is -2.53. The summed E-state index contributed by atoms with van der Waals surface area (Å²) < 4.78 is 34.7. The second-order valence-corrected chi connectivity index (χ2v) is 12.5. The molecule has 1 atom stereocenters. The first-order valence-electron chi connectivity index (χ1n) is 14.2. The lowest BCUT2D eigenvalue weighted by Gasteiger charge is -2.34. The van der Waals surface area contributed by atoms with Crippen LogP contribution in [0.25, 0.3) is 0 Å². The Bertz CT molecular complexity index is 1680. The topological polar surface area (TPSA) is 96.0 Å². The number of methoxy groups -OCH3 is 1. The minimum absolute atomic E-state index is 0.0102. The largest absolute Gasteiger partial charge is 0.497 e. The van der Waals surface area contributed by atoms with Crippen molar-refractivity contribution in [3.63, 3.8) is 0 Å². The number of carbonyl (C=O) groups excluding carboxylic acids is 2. The summed E-state index contributed by atoms with van der Waals surface area (Å²) >= 11 is 6.52. The summed E-state index contributed by atoms with van der Waals surface area (Å²) in [6.45, 7) is 3.44. The number of hydrogen-bond acceptors (Lipinski definition) is 5. The SMILES string of the molecule is CCNC(=O)[C@H](Cc1ccccc1)N(Cc1ccccc1Cl)C(=O)CN(c1cccc(OC)c1)S(=O)(=O)c1ccc(C)cc1. The Morgan fingerprint density at radius 2 is 1.59 bits per heavy atom. The molecule has 0 aliphatic carbocycles. The van der Waals surface area contributed by atoms with Gasteiger partial charge >= 0.3 is 0 Å². The van der Waals surface area contributed by atoms with Gasteiger partial charge in [-0.15, -0.1) is 0 Å². The van der Waals surface area contributed by atoms with Gasteiger partial charge in [-0.1, -0.05) is 83.9 Å². The van der Waals surface area contributed by atoms with E-state index in [-0.39, 0.29) is 29.5 Å². The van der Waals surface area contributed by atoms with Gasteiger partial charge in [0, 0.05) is 30.6 Å². The van der Waals surface area contributed by atoms with Crippen LogP contribution in [0.15, 0.2) is 108 Å². The molecule has 1 N–H and O–H groups in total. The molecule has 4 rings (SSSR count). The van der Waals surface area contributed by atoms with Crippen molar-refractivity contribution >= 4 is 39.1 Å². The van der Waals surface area contributed by atoms with E-state index < -0.39 is 28.5 Å². The highest BCUT2D eigenvalue weighted by molar-refractivity contribution is 7.92. The van der Waals surface area contributed by atoms with Gasteiger partial charge in [0.2, 0.25) is 11.8 Å². The minimum Gasteiger partial charge on any atom is -0.497 e. The van der Waals surface area contributed by atoms with E-state index in [1.54, 1.807) is 67.6 Å². The summed E-state index contributed by atoms with van der Waals surface area (Å²) in [5.74, 6) is -0.502. The molecule has 0 aromatic heterocycles. The number of halogens is 1. The molecule has 10 heteroatoms. The first kappa shape index (κ1) is 32.6. The molecule has 0 bridgehead atoms. The molecule has 0 saturated heterocycles. The van der Waals surface area contributed by atoms with Crippen LogP contribution < -0.4 is 14.4 Å². The van der Waals surface area contributed by atoms with Gasteiger partial charge in [-0.05, 0) is 55.3 Å². The normalized spacial score (nSPS) is 11.8. The Hall–Kier alpha value is -4.34. The molecule has 8 nitrogen and oxygen atoms in total. The Labute approximate surface area is 264 Å². The van der Waals surface area contributed by atoms with Crippen molar-refractivity contribution in [1.29, 1.82) is 0 Å². The first-order chi connectivity index (χ1) is 21.1. The van der Waals surface area contributed by atoms with Crippen LogP contribution in [0.2, 0.25) is 5.02 Å². The number of ether oxygens (including phenoxy) is 1. The molecule has 2 amide bonds. The molecule has 0 spiro atoms. The third-order valence-electron chi connectivity index (χ3n) is 7.15. The number of hydrogen-bond donors (Lipinski definition) is 1. The molecule has 44 heavy (non-hydrogen) atoms. The molecule has 0 heterocycles. The van der Waals surface area contributed by atoms with Crippen LogP contribution in [0, 0.1) is 6.92 Å². The van der Waals surface area contributed by atoms with Crippen molar-refractivity contribution < 1.29 is 22.7 Å². The summed E-state index contributed by atoms with van der Waals surface area (Å²) in [5, 5.41) is 3.28. The number of rotatable bonds is 13. The maximum Gasteiger partial charge on any atom is 0.264 e. The molecule has 0 saturated carbocycles. The van der Waals surface area contributed by atoms with Crippen molar-refractivity contribution in [2.45, 2.75) is 37.8 Å². The molecular formula is C34H36ClN3O5S. The molecule has 0 radical (unpaired) electrons. The molecular weight excluding hydrogens is 598 g/mol. The molecule has 230 valence electrons. The predicted molar refractivity (Wildman–Crippen MR) is 173 cm³/mol. The number of nitrogens with one attached hydrogen (secondary N) is 1. The van der Waals surface area contributed by atoms with Crippen molar-refractivity contribution in [2.75, 3.05) is 24.5 Å². The van der Waals surface area contributed by atoms with Gasteiger partial charge in [0.05, 0.1) is 17.7 Å². The van der Waals surface area contributed by atoms with Gasteiger partial charge < -0.3 is 15.0 Å². The maximum absolute atomic E-state index is 14.4. The lowest BCUT2D eigenvalue weighted by atomic mass is 10.0. The highest BCUT2D eigenvalue weighted by Crippen LogP contribution is 2.28. The average Bonchev–Trinajstić information content (AvgIpc) is 3.03. The van der Waals surface area contributed by atoms with Crippen LogP contribution in [-0.4, -0.2) is 51.4 Å². The molecule has 4 aromatic rings. The minimum atomic E-state index is -4.22. The quantitative estimate of drug-likeness (QED) is 0.206. The molecule has 0 aliphatic heterocycles. The van der Waals surface area contributed by atoms with E-state index in [0.717, 1.165) is 15.4 Å². The third kappa shape index (κ3) is 7.98. The Balaban J connectivity index is 1.82. The number of aryl methyl sites for hydroxylation is 1. The van der Waals surface area contributed by atoms with Gasteiger partial charge in [0.25, 0.3) is 10.0 Å². The summed E-state index contributed by atoms with van der Waals surface area (Å²) in [4.78, 5) is 29.4. The Morgan fingerprint density at radius 3 is 2.25 bits per heavy atom. The zero-order valence-electron chi connectivity index (χ0n) is 24.9. The van der Waals surface area contributed by atoms with E-state index in [9.17, 15) is 18.0 Å². The van der Waals surface area contributed by atoms with Crippen molar-refractivity contribution in [3.8, 4) is 5.75 Å². The van der Waals surface area contributed by atoms with Gasteiger partial charge in [-0.3, -0.25) is 13.9 Å². The highest BCUT2D eigenvalue weighted by atomic mass is 35.5. The van der Waals surface area contributed by atoms with E-state index in [1.807, 2.05) is 37.3 Å². The van der Waals surface area contributed by atoms with E-state index in [4.69, 9.17) is 16.3 Å². The van der Waals surface area contributed by atoms with Crippen molar-refractivity contribution in [1.82, 2.24) is 10.2 Å². The Morgan fingerprint density at radius 1 is 0.909 bits per heavy atom. The van der Waals surface area contributed by atoms with Crippen molar-refractivity contribution in [2.24, 2.45) is 0 Å². The van der Waals surface area contributed by atoms with E-state index in [0.29, 0.717) is 22.9 Å². The van der Waals surface area contributed by atoms with Gasteiger partial charge in [0.15, 0.2) is 0 Å². The zero-order valence-corrected chi connectivity index (χ0v) is 26.5. The fraction of sp³-hybridized carbons (Fsp3) is 0.235. The number of sulfonamides is 1. The lowest BCUT2D eigenvalue weighted by molar-refractivity contribution is -0.140. The van der Waals surface area contributed by atoms with Gasteiger partial charge in [-0.25, -0.2) is 8.42 Å². The van der Waals surface area contributed by atoms with E-state index in [1.165, 1.54) is 24.1 Å². The molecule has 0 aliphatic rings. The number of likely N-dealkylation sites (N-methyl/N-ethyl adjacent to an activating group) is 1. The van der Waals surface area contributed by atoms with Crippen LogP contribution in [-0.2, 0) is 32.6 Å². The van der Waals surface area contributed by atoms with E-state index in [2.05, 4.69) is 5.32 Å². The Kier molecular flexibility index (Phi) is 11.0. The number of amides is 2.